The van der Waals surface area contributed by atoms with Gasteiger partial charge in [0.2, 0.25) is 0 Å². The first-order chi connectivity index (χ1) is 8.16. The predicted octanol–water partition coefficient (Wildman–Crippen LogP) is 0.901. The molecule has 6 heteroatoms. The maximum absolute atomic E-state index is 11.1. The second-order valence-corrected chi connectivity index (χ2v) is 3.37. The van der Waals surface area contributed by atoms with E-state index in [0.717, 1.165) is 0 Å². The number of carbonyl (C=O) groups excluding carboxylic acids is 1. The minimum Gasteiger partial charge on any atom is -0.399 e. The number of benzene rings is 1. The summed E-state index contributed by atoms with van der Waals surface area (Å²) in [6, 6.07) is 7.07. The second-order valence-electron chi connectivity index (χ2n) is 3.37. The average Bonchev–Trinajstić information content (AvgIpc) is 2.29. The van der Waals surface area contributed by atoms with Crippen LogP contribution in [0.3, 0.4) is 0 Å². The molecular formula is C11H11N5O. The van der Waals surface area contributed by atoms with Gasteiger partial charge < -0.3 is 16.8 Å². The van der Waals surface area contributed by atoms with Gasteiger partial charge in [-0.1, -0.05) is 6.07 Å². The number of anilines is 3. The molecule has 1 aromatic heterocycles. The van der Waals surface area contributed by atoms with Crippen LogP contribution in [0.25, 0.3) is 0 Å². The molecule has 0 saturated carbocycles. The third-order valence-electron chi connectivity index (χ3n) is 2.08. The number of rotatable bonds is 3. The highest BCUT2D eigenvalue weighted by Crippen LogP contribution is 2.18. The number of carbonyl (C=O) groups is 1. The molecule has 0 fully saturated rings. The van der Waals surface area contributed by atoms with E-state index in [1.54, 1.807) is 24.3 Å². The van der Waals surface area contributed by atoms with Gasteiger partial charge in [0.15, 0.2) is 11.5 Å². The number of hydrogen-bond donors (Lipinski definition) is 3. The molecule has 0 aliphatic heterocycles. The third kappa shape index (κ3) is 2.49. The third-order valence-corrected chi connectivity index (χ3v) is 2.08. The largest absolute Gasteiger partial charge is 0.399 e. The summed E-state index contributed by atoms with van der Waals surface area (Å²) < 4.78 is 0. The fourth-order valence-corrected chi connectivity index (χ4v) is 1.36. The van der Waals surface area contributed by atoms with E-state index in [1.807, 2.05) is 0 Å². The second kappa shape index (κ2) is 4.48. The van der Waals surface area contributed by atoms with Crippen molar-refractivity contribution in [3.05, 3.63) is 42.4 Å². The van der Waals surface area contributed by atoms with Gasteiger partial charge in [0, 0.05) is 23.8 Å². The molecule has 86 valence electrons. The molecule has 0 bridgehead atoms. The van der Waals surface area contributed by atoms with E-state index in [0.29, 0.717) is 17.2 Å². The van der Waals surface area contributed by atoms with Gasteiger partial charge in [-0.2, -0.15) is 0 Å². The Hall–Kier alpha value is -2.63. The van der Waals surface area contributed by atoms with Crippen LogP contribution in [0.5, 0.6) is 0 Å². The van der Waals surface area contributed by atoms with E-state index in [1.165, 1.54) is 12.4 Å². The monoisotopic (exact) mass is 229 g/mol. The standard InChI is InChI=1S/C11H11N5O/c12-7-2-1-3-8(6-7)16-11-9(10(13)17)14-4-5-15-11/h1-6H,12H2,(H2,13,17)(H,15,16). The van der Waals surface area contributed by atoms with E-state index in [-0.39, 0.29) is 5.69 Å². The fourth-order valence-electron chi connectivity index (χ4n) is 1.36. The number of nitrogens with zero attached hydrogens (tertiary/aromatic N) is 2. The molecule has 2 rings (SSSR count). The van der Waals surface area contributed by atoms with Crippen LogP contribution in [-0.4, -0.2) is 15.9 Å². The summed E-state index contributed by atoms with van der Waals surface area (Å²) in [7, 11) is 0. The van der Waals surface area contributed by atoms with Crippen molar-refractivity contribution in [3.63, 3.8) is 0 Å². The Kier molecular flexibility index (Phi) is 2.87. The molecule has 0 saturated heterocycles. The van der Waals surface area contributed by atoms with Gasteiger partial charge in [0.05, 0.1) is 0 Å². The lowest BCUT2D eigenvalue weighted by Crippen LogP contribution is -2.16. The number of nitrogens with one attached hydrogen (secondary N) is 1. The molecule has 0 atom stereocenters. The van der Waals surface area contributed by atoms with E-state index in [9.17, 15) is 4.79 Å². The van der Waals surface area contributed by atoms with Crippen molar-refractivity contribution >= 4 is 23.1 Å². The Labute approximate surface area is 97.7 Å². The van der Waals surface area contributed by atoms with E-state index in [4.69, 9.17) is 11.5 Å². The van der Waals surface area contributed by atoms with Crippen LogP contribution in [0.15, 0.2) is 36.7 Å². The van der Waals surface area contributed by atoms with Gasteiger partial charge in [-0.3, -0.25) is 4.79 Å². The molecule has 0 aliphatic rings. The lowest BCUT2D eigenvalue weighted by Gasteiger charge is -2.08. The Balaban J connectivity index is 2.33. The molecule has 2 aromatic rings. The van der Waals surface area contributed by atoms with Gasteiger partial charge in [0.25, 0.3) is 5.91 Å². The first-order valence-corrected chi connectivity index (χ1v) is 4.90. The quantitative estimate of drug-likeness (QED) is 0.678. The van der Waals surface area contributed by atoms with Crippen LogP contribution in [0.1, 0.15) is 10.5 Å². The Morgan fingerprint density at radius 1 is 1.24 bits per heavy atom. The number of hydrogen-bond acceptors (Lipinski definition) is 5. The van der Waals surface area contributed by atoms with Crippen molar-refractivity contribution in [1.29, 1.82) is 0 Å². The molecule has 1 amide bonds. The van der Waals surface area contributed by atoms with Crippen LogP contribution in [-0.2, 0) is 0 Å². The molecule has 5 N–H and O–H groups in total. The van der Waals surface area contributed by atoms with Crippen molar-refractivity contribution in [3.8, 4) is 0 Å². The Morgan fingerprint density at radius 2 is 2.00 bits per heavy atom. The number of aromatic nitrogens is 2. The highest BCUT2D eigenvalue weighted by Gasteiger charge is 2.10. The first kappa shape index (κ1) is 10.9. The van der Waals surface area contributed by atoms with Gasteiger partial charge >= 0.3 is 0 Å². The average molecular weight is 229 g/mol. The maximum atomic E-state index is 11.1. The molecule has 1 aromatic carbocycles. The Morgan fingerprint density at radius 3 is 2.71 bits per heavy atom. The number of amides is 1. The van der Waals surface area contributed by atoms with Crippen molar-refractivity contribution in [2.24, 2.45) is 5.73 Å². The predicted molar refractivity (Wildman–Crippen MR) is 64.7 cm³/mol. The smallest absolute Gasteiger partial charge is 0.271 e. The van der Waals surface area contributed by atoms with E-state index in [2.05, 4.69) is 15.3 Å². The topological polar surface area (TPSA) is 107 Å². The maximum Gasteiger partial charge on any atom is 0.271 e. The summed E-state index contributed by atoms with van der Waals surface area (Å²) in [5.74, 6) is -0.324. The van der Waals surface area contributed by atoms with Crippen LogP contribution in [0.2, 0.25) is 0 Å². The van der Waals surface area contributed by atoms with Crippen molar-refractivity contribution in [1.82, 2.24) is 9.97 Å². The lowest BCUT2D eigenvalue weighted by atomic mass is 10.2. The number of primary amides is 1. The number of nitrogens with two attached hydrogens (primary N) is 2. The van der Waals surface area contributed by atoms with Crippen LogP contribution < -0.4 is 16.8 Å². The van der Waals surface area contributed by atoms with Gasteiger partial charge in [-0.05, 0) is 18.2 Å². The van der Waals surface area contributed by atoms with Crippen molar-refractivity contribution < 1.29 is 4.79 Å². The summed E-state index contributed by atoms with van der Waals surface area (Å²) in [6.07, 6.45) is 2.88. The molecular weight excluding hydrogens is 218 g/mol. The minimum atomic E-state index is -0.635. The van der Waals surface area contributed by atoms with E-state index >= 15 is 0 Å². The van der Waals surface area contributed by atoms with Crippen LogP contribution in [0.4, 0.5) is 17.2 Å². The highest BCUT2D eigenvalue weighted by molar-refractivity contribution is 5.96. The van der Waals surface area contributed by atoms with Crippen LogP contribution >= 0.6 is 0 Å². The minimum absolute atomic E-state index is 0.0925. The zero-order chi connectivity index (χ0) is 12.3. The summed E-state index contributed by atoms with van der Waals surface area (Å²) in [6.45, 7) is 0. The van der Waals surface area contributed by atoms with Gasteiger partial charge in [0.1, 0.15) is 0 Å². The lowest BCUT2D eigenvalue weighted by molar-refractivity contribution is 0.0996. The van der Waals surface area contributed by atoms with Gasteiger partial charge in [-0.25, -0.2) is 9.97 Å². The molecule has 17 heavy (non-hydrogen) atoms. The van der Waals surface area contributed by atoms with Crippen molar-refractivity contribution in [2.45, 2.75) is 0 Å². The zero-order valence-corrected chi connectivity index (χ0v) is 8.92. The van der Waals surface area contributed by atoms with Crippen molar-refractivity contribution in [2.75, 3.05) is 11.1 Å². The highest BCUT2D eigenvalue weighted by atomic mass is 16.1. The SMILES string of the molecule is NC(=O)c1nccnc1Nc1cccc(N)c1. The molecule has 0 radical (unpaired) electrons. The normalized spacial score (nSPS) is 9.88. The molecule has 0 unspecified atom stereocenters. The fraction of sp³-hybridized carbons (Fsp3) is 0. The summed E-state index contributed by atoms with van der Waals surface area (Å²) in [4.78, 5) is 19.0. The molecule has 1 heterocycles. The molecule has 0 spiro atoms. The van der Waals surface area contributed by atoms with Gasteiger partial charge in [-0.15, -0.1) is 0 Å². The summed E-state index contributed by atoms with van der Waals surface area (Å²) >= 11 is 0. The Bertz CT molecular complexity index is 555. The molecule has 0 aliphatic carbocycles. The van der Waals surface area contributed by atoms with Crippen LogP contribution in [0, 0.1) is 0 Å². The van der Waals surface area contributed by atoms with E-state index < -0.39 is 5.91 Å². The summed E-state index contributed by atoms with van der Waals surface area (Å²) in [5, 5.41) is 2.94. The zero-order valence-electron chi connectivity index (χ0n) is 8.92. The molecule has 6 nitrogen and oxygen atoms in total. The summed E-state index contributed by atoms with van der Waals surface area (Å²) in [5.41, 5.74) is 12.3. The first-order valence-electron chi connectivity index (χ1n) is 4.90. The number of nitrogen functional groups attached to an aromatic ring is 1.